The van der Waals surface area contributed by atoms with Crippen molar-refractivity contribution in [1.29, 1.82) is 0 Å². The highest BCUT2D eigenvalue weighted by Gasteiger charge is 2.41. The summed E-state index contributed by atoms with van der Waals surface area (Å²) in [5.74, 6) is -0.522. The van der Waals surface area contributed by atoms with E-state index >= 15 is 0 Å². The summed E-state index contributed by atoms with van der Waals surface area (Å²) in [4.78, 5) is 16.2. The van der Waals surface area contributed by atoms with Gasteiger partial charge in [0, 0.05) is 18.4 Å². The molecule has 0 unspecified atom stereocenters. The molecule has 28 heavy (non-hydrogen) atoms. The zero-order chi connectivity index (χ0) is 20.1. The molecule has 0 amide bonds. The predicted molar refractivity (Wildman–Crippen MR) is 100 cm³/mol. The monoisotopic (exact) mass is 391 g/mol. The number of nitrogens with zero attached hydrogens (tertiary/aromatic N) is 1. The first-order valence-electron chi connectivity index (χ1n) is 9.50. The van der Waals surface area contributed by atoms with Gasteiger partial charge in [-0.2, -0.15) is 0 Å². The molecule has 0 radical (unpaired) electrons. The van der Waals surface area contributed by atoms with E-state index in [-0.39, 0.29) is 11.7 Å². The van der Waals surface area contributed by atoms with Crippen LogP contribution in [0.4, 0.5) is 4.39 Å². The average molecular weight is 391 g/mol. The lowest BCUT2D eigenvalue weighted by atomic mass is 10.0. The first kappa shape index (κ1) is 20.5. The van der Waals surface area contributed by atoms with E-state index in [1.54, 1.807) is 19.1 Å². The molecule has 1 aromatic carbocycles. The Morgan fingerprint density at radius 3 is 2.57 bits per heavy atom. The van der Waals surface area contributed by atoms with E-state index in [2.05, 4.69) is 4.98 Å². The highest BCUT2D eigenvalue weighted by atomic mass is 19.1. The number of carbonyl (C=O) groups is 1. The van der Waals surface area contributed by atoms with Gasteiger partial charge < -0.3 is 18.6 Å². The summed E-state index contributed by atoms with van der Waals surface area (Å²) in [7, 11) is 1.32. The molecular weight excluding hydrogens is 365 g/mol. The van der Waals surface area contributed by atoms with Crippen LogP contribution in [0.5, 0.6) is 0 Å². The van der Waals surface area contributed by atoms with Crippen molar-refractivity contribution in [1.82, 2.24) is 4.98 Å². The van der Waals surface area contributed by atoms with E-state index in [0.29, 0.717) is 19.1 Å². The van der Waals surface area contributed by atoms with Crippen molar-refractivity contribution in [3.05, 3.63) is 41.5 Å². The highest BCUT2D eigenvalue weighted by molar-refractivity contribution is 5.77. The maximum absolute atomic E-state index is 13.1. The molecule has 0 saturated carbocycles. The lowest BCUT2D eigenvalue weighted by molar-refractivity contribution is -0.272. The number of carbonyl (C=O) groups excluding carboxylic acids is 1. The van der Waals surface area contributed by atoms with Crippen LogP contribution in [0, 0.1) is 18.7 Å². The fraction of sp³-hybridized carbons (Fsp3) is 0.524. The number of ether oxygens (including phenoxy) is 3. The summed E-state index contributed by atoms with van der Waals surface area (Å²) in [6.45, 7) is 4.43. The molecule has 2 aromatic rings. The number of unbranched alkanes of at least 4 members (excludes halogenated alkanes) is 1. The zero-order valence-corrected chi connectivity index (χ0v) is 16.5. The molecule has 1 aliphatic heterocycles. The minimum absolute atomic E-state index is 0.255. The number of oxazole rings is 1. The topological polar surface area (TPSA) is 70.8 Å². The van der Waals surface area contributed by atoms with Crippen LogP contribution >= 0.6 is 0 Å². The number of methoxy groups -OCH3 is 1. The molecule has 2 heterocycles. The number of halogens is 1. The van der Waals surface area contributed by atoms with Crippen LogP contribution in [0.2, 0.25) is 0 Å². The van der Waals surface area contributed by atoms with Gasteiger partial charge in [-0.15, -0.1) is 0 Å². The first-order valence-corrected chi connectivity index (χ1v) is 9.50. The van der Waals surface area contributed by atoms with Crippen LogP contribution < -0.4 is 0 Å². The van der Waals surface area contributed by atoms with Crippen LogP contribution in [-0.2, 0) is 25.4 Å². The van der Waals surface area contributed by atoms with Crippen molar-refractivity contribution >= 4 is 5.97 Å². The van der Waals surface area contributed by atoms with Crippen LogP contribution in [0.25, 0.3) is 11.5 Å². The molecule has 0 bridgehead atoms. The third kappa shape index (κ3) is 4.77. The van der Waals surface area contributed by atoms with Gasteiger partial charge in [0.2, 0.25) is 5.89 Å². The van der Waals surface area contributed by atoms with Crippen molar-refractivity contribution < 1.29 is 27.8 Å². The number of aryl methyl sites for hydroxylation is 2. The molecule has 7 heteroatoms. The Labute approximate surface area is 164 Å². The zero-order valence-electron chi connectivity index (χ0n) is 16.5. The maximum atomic E-state index is 13.1. The van der Waals surface area contributed by atoms with Gasteiger partial charge in [0.1, 0.15) is 11.6 Å². The van der Waals surface area contributed by atoms with Crippen LogP contribution in [0.1, 0.15) is 37.6 Å². The summed E-state index contributed by atoms with van der Waals surface area (Å²) >= 11 is 0. The van der Waals surface area contributed by atoms with E-state index < -0.39 is 11.8 Å². The number of rotatable bonds is 7. The van der Waals surface area contributed by atoms with E-state index in [0.717, 1.165) is 42.7 Å². The lowest BCUT2D eigenvalue weighted by Crippen LogP contribution is -2.48. The Hall–Kier alpha value is -2.25. The quantitative estimate of drug-likeness (QED) is 0.524. The Bertz CT molecular complexity index is 794. The number of esters is 1. The van der Waals surface area contributed by atoms with Gasteiger partial charge in [-0.3, -0.25) is 0 Å². The molecule has 0 atom stereocenters. The fourth-order valence-electron chi connectivity index (χ4n) is 3.21. The Kier molecular flexibility index (Phi) is 6.46. The molecule has 1 fully saturated rings. The summed E-state index contributed by atoms with van der Waals surface area (Å²) in [5.41, 5.74) is 1.69. The number of aromatic nitrogens is 1. The van der Waals surface area contributed by atoms with E-state index in [4.69, 9.17) is 18.6 Å². The number of hydrogen-bond acceptors (Lipinski definition) is 6. The molecule has 6 nitrogen and oxygen atoms in total. The van der Waals surface area contributed by atoms with E-state index in [1.165, 1.54) is 19.2 Å². The van der Waals surface area contributed by atoms with Crippen molar-refractivity contribution in [3.8, 4) is 11.5 Å². The second-order valence-corrected chi connectivity index (χ2v) is 7.20. The molecule has 152 valence electrons. The SMILES string of the molecule is COC(=O)C1(C)OCC(CCCCc2nc(-c3ccc(F)cc3)oc2C)CO1. The van der Waals surface area contributed by atoms with E-state index in [1.807, 2.05) is 6.92 Å². The largest absolute Gasteiger partial charge is 0.465 e. The third-order valence-electron chi connectivity index (χ3n) is 5.00. The van der Waals surface area contributed by atoms with Gasteiger partial charge >= 0.3 is 5.97 Å². The van der Waals surface area contributed by atoms with Crippen molar-refractivity contribution in [2.24, 2.45) is 5.92 Å². The van der Waals surface area contributed by atoms with Gasteiger partial charge in [-0.1, -0.05) is 6.42 Å². The smallest absolute Gasteiger partial charge is 0.366 e. The summed E-state index contributed by atoms with van der Waals surface area (Å²) in [6.07, 6.45) is 3.70. The van der Waals surface area contributed by atoms with Gasteiger partial charge in [0.25, 0.3) is 5.79 Å². The van der Waals surface area contributed by atoms with Crippen LogP contribution in [0.3, 0.4) is 0 Å². The number of benzene rings is 1. The Morgan fingerprint density at radius 1 is 1.25 bits per heavy atom. The molecule has 1 saturated heterocycles. The third-order valence-corrected chi connectivity index (χ3v) is 5.00. The van der Waals surface area contributed by atoms with E-state index in [9.17, 15) is 9.18 Å². The standard InChI is InChI=1S/C21H26FNO5/c1-14-18(23-19(28-14)16-8-10-17(22)11-9-16)7-5-4-6-15-12-26-21(2,27-13-15)20(24)25-3/h8-11,15H,4-7,12-13H2,1-3H3. The summed E-state index contributed by atoms with van der Waals surface area (Å²) in [6, 6.07) is 6.12. The van der Waals surface area contributed by atoms with Gasteiger partial charge in [0.05, 0.1) is 26.0 Å². The average Bonchev–Trinajstić information content (AvgIpc) is 3.07. The second-order valence-electron chi connectivity index (χ2n) is 7.20. The van der Waals surface area contributed by atoms with Crippen molar-refractivity contribution in [2.45, 2.75) is 45.3 Å². The minimum atomic E-state index is -1.29. The fourth-order valence-corrected chi connectivity index (χ4v) is 3.21. The highest BCUT2D eigenvalue weighted by Crippen LogP contribution is 2.26. The van der Waals surface area contributed by atoms with Gasteiger partial charge in [-0.05, 0) is 50.5 Å². The molecule has 1 aromatic heterocycles. The van der Waals surface area contributed by atoms with Crippen molar-refractivity contribution in [3.63, 3.8) is 0 Å². The summed E-state index contributed by atoms with van der Waals surface area (Å²) < 4.78 is 34.6. The lowest BCUT2D eigenvalue weighted by Gasteiger charge is -2.35. The van der Waals surface area contributed by atoms with Crippen molar-refractivity contribution in [2.75, 3.05) is 20.3 Å². The molecule has 0 N–H and O–H groups in total. The van der Waals surface area contributed by atoms with Crippen LogP contribution in [0.15, 0.2) is 28.7 Å². The molecular formula is C21H26FNO5. The first-order chi connectivity index (χ1) is 13.4. The molecule has 1 aliphatic rings. The predicted octanol–water partition coefficient (Wildman–Crippen LogP) is 4.05. The molecule has 3 rings (SSSR count). The minimum Gasteiger partial charge on any atom is -0.465 e. The van der Waals surface area contributed by atoms with Gasteiger partial charge in [0.15, 0.2) is 0 Å². The molecule has 0 aliphatic carbocycles. The summed E-state index contributed by atoms with van der Waals surface area (Å²) in [5, 5.41) is 0. The normalized spacial score (nSPS) is 22.2. The Morgan fingerprint density at radius 2 is 1.93 bits per heavy atom. The maximum Gasteiger partial charge on any atom is 0.366 e. The molecule has 0 spiro atoms. The Balaban J connectivity index is 1.44. The second kappa shape index (κ2) is 8.84. The number of hydrogen-bond donors (Lipinski definition) is 0. The van der Waals surface area contributed by atoms with Crippen LogP contribution in [-0.4, -0.2) is 37.1 Å². The van der Waals surface area contributed by atoms with Gasteiger partial charge in [-0.25, -0.2) is 14.2 Å².